The van der Waals surface area contributed by atoms with Crippen LogP contribution in [0.4, 0.5) is 0 Å². The summed E-state index contributed by atoms with van der Waals surface area (Å²) < 4.78 is 16.3. The first-order valence-corrected chi connectivity index (χ1v) is 6.62. The van der Waals surface area contributed by atoms with E-state index in [1.54, 1.807) is 14.2 Å². The summed E-state index contributed by atoms with van der Waals surface area (Å²) in [6, 6.07) is 0. The molecule has 18 heavy (non-hydrogen) atoms. The Morgan fingerprint density at radius 1 is 1.44 bits per heavy atom. The average molecular weight is 259 g/mol. The lowest BCUT2D eigenvalue weighted by molar-refractivity contribution is -0.179. The van der Waals surface area contributed by atoms with Crippen molar-refractivity contribution < 1.29 is 19.3 Å². The van der Waals surface area contributed by atoms with E-state index in [9.17, 15) is 5.11 Å². The number of ether oxygens (including phenoxy) is 3. The maximum Gasteiger partial charge on any atom is 0.159 e. The molecule has 5 nitrogen and oxygen atoms in total. The van der Waals surface area contributed by atoms with E-state index in [0.717, 1.165) is 19.3 Å². The molecule has 2 bridgehead atoms. The summed E-state index contributed by atoms with van der Waals surface area (Å²) in [5, 5.41) is 10.9. The van der Waals surface area contributed by atoms with Crippen molar-refractivity contribution in [1.29, 1.82) is 0 Å². The molecular weight excluding hydrogens is 234 g/mol. The second-order valence-electron chi connectivity index (χ2n) is 5.77. The van der Waals surface area contributed by atoms with Gasteiger partial charge in [-0.05, 0) is 26.2 Å². The number of nitrogens with two attached hydrogens (primary N) is 1. The molecule has 2 fully saturated rings. The zero-order valence-corrected chi connectivity index (χ0v) is 11.5. The smallest absolute Gasteiger partial charge is 0.159 e. The predicted molar refractivity (Wildman–Crippen MR) is 67.0 cm³/mol. The fourth-order valence-electron chi connectivity index (χ4n) is 3.59. The van der Waals surface area contributed by atoms with Crippen molar-refractivity contribution in [2.24, 2.45) is 11.1 Å². The number of hydrogen-bond donors (Lipinski definition) is 2. The quantitative estimate of drug-likeness (QED) is 0.685. The molecule has 0 aromatic carbocycles. The second kappa shape index (κ2) is 5.06. The van der Waals surface area contributed by atoms with E-state index in [1.807, 2.05) is 6.92 Å². The van der Waals surface area contributed by atoms with Crippen molar-refractivity contribution in [3.63, 3.8) is 0 Å². The van der Waals surface area contributed by atoms with Crippen LogP contribution in [-0.4, -0.2) is 50.0 Å². The van der Waals surface area contributed by atoms with Crippen LogP contribution in [0.3, 0.4) is 0 Å². The molecule has 0 aromatic heterocycles. The van der Waals surface area contributed by atoms with Crippen molar-refractivity contribution >= 4 is 0 Å². The standard InChI is InChI=1S/C13H25NO4/c1-12(15,7-11(16-2)17-3)13(8-14)6-9-4-5-10(13)18-9/h9-11,15H,4-8,14H2,1-3H3. The summed E-state index contributed by atoms with van der Waals surface area (Å²) in [5.41, 5.74) is 4.66. The summed E-state index contributed by atoms with van der Waals surface area (Å²) in [6.45, 7) is 2.26. The van der Waals surface area contributed by atoms with Crippen LogP contribution in [-0.2, 0) is 14.2 Å². The first-order chi connectivity index (χ1) is 8.49. The third-order valence-electron chi connectivity index (χ3n) is 4.84. The Morgan fingerprint density at radius 2 is 2.11 bits per heavy atom. The number of fused-ring (bicyclic) bond motifs is 2. The molecule has 106 valence electrons. The molecule has 5 heteroatoms. The first-order valence-electron chi connectivity index (χ1n) is 6.62. The van der Waals surface area contributed by atoms with E-state index < -0.39 is 11.9 Å². The monoisotopic (exact) mass is 259 g/mol. The molecule has 0 saturated carbocycles. The molecule has 4 atom stereocenters. The Bertz CT molecular complexity index is 293. The van der Waals surface area contributed by atoms with Gasteiger partial charge in [0.15, 0.2) is 6.29 Å². The van der Waals surface area contributed by atoms with Crippen LogP contribution >= 0.6 is 0 Å². The second-order valence-corrected chi connectivity index (χ2v) is 5.77. The van der Waals surface area contributed by atoms with Crippen molar-refractivity contribution in [3.8, 4) is 0 Å². The molecular formula is C13H25NO4. The van der Waals surface area contributed by atoms with E-state index in [4.69, 9.17) is 19.9 Å². The summed E-state index contributed by atoms with van der Waals surface area (Å²) >= 11 is 0. The number of aliphatic hydroxyl groups is 1. The Balaban J connectivity index is 2.16. The Morgan fingerprint density at radius 3 is 2.50 bits per heavy atom. The van der Waals surface area contributed by atoms with Gasteiger partial charge in [-0.25, -0.2) is 0 Å². The van der Waals surface area contributed by atoms with Gasteiger partial charge in [-0.15, -0.1) is 0 Å². The van der Waals surface area contributed by atoms with Crippen LogP contribution in [0, 0.1) is 5.41 Å². The topological polar surface area (TPSA) is 73.9 Å². The minimum atomic E-state index is -0.946. The normalized spacial score (nSPS) is 38.3. The fraction of sp³-hybridized carbons (Fsp3) is 1.00. The van der Waals surface area contributed by atoms with Crippen molar-refractivity contribution in [3.05, 3.63) is 0 Å². The lowest BCUT2D eigenvalue weighted by atomic mass is 9.62. The molecule has 0 radical (unpaired) electrons. The summed E-state index contributed by atoms with van der Waals surface area (Å²) in [5.74, 6) is 0. The van der Waals surface area contributed by atoms with E-state index >= 15 is 0 Å². The van der Waals surface area contributed by atoms with Crippen LogP contribution in [0.15, 0.2) is 0 Å². The van der Waals surface area contributed by atoms with E-state index in [-0.39, 0.29) is 17.6 Å². The molecule has 2 heterocycles. The molecule has 2 aliphatic heterocycles. The highest BCUT2D eigenvalue weighted by atomic mass is 16.7. The van der Waals surface area contributed by atoms with Crippen LogP contribution < -0.4 is 5.73 Å². The highest BCUT2D eigenvalue weighted by Crippen LogP contribution is 2.54. The first kappa shape index (κ1) is 14.2. The highest BCUT2D eigenvalue weighted by molar-refractivity contribution is 5.10. The van der Waals surface area contributed by atoms with Crippen molar-refractivity contribution in [2.45, 2.75) is 56.7 Å². The molecule has 0 aromatic rings. The minimum absolute atomic E-state index is 0.0665. The highest BCUT2D eigenvalue weighted by Gasteiger charge is 2.60. The van der Waals surface area contributed by atoms with Gasteiger partial charge in [0.05, 0.1) is 17.8 Å². The lowest BCUT2D eigenvalue weighted by Crippen LogP contribution is -2.57. The molecule has 0 aliphatic carbocycles. The maximum absolute atomic E-state index is 10.9. The van der Waals surface area contributed by atoms with E-state index in [1.165, 1.54) is 0 Å². The third kappa shape index (κ3) is 2.08. The van der Waals surface area contributed by atoms with Crippen molar-refractivity contribution in [2.75, 3.05) is 20.8 Å². The van der Waals surface area contributed by atoms with E-state index in [0.29, 0.717) is 13.0 Å². The Hall–Kier alpha value is -0.200. The number of rotatable bonds is 6. The van der Waals surface area contributed by atoms with Gasteiger partial charge in [0.25, 0.3) is 0 Å². The minimum Gasteiger partial charge on any atom is -0.389 e. The summed E-state index contributed by atoms with van der Waals surface area (Å²) in [7, 11) is 3.16. The molecule has 2 saturated heterocycles. The number of methoxy groups -OCH3 is 2. The number of hydrogen-bond acceptors (Lipinski definition) is 5. The molecule has 2 aliphatic rings. The lowest BCUT2D eigenvalue weighted by Gasteiger charge is -2.47. The summed E-state index contributed by atoms with van der Waals surface area (Å²) in [4.78, 5) is 0. The largest absolute Gasteiger partial charge is 0.389 e. The summed E-state index contributed by atoms with van der Waals surface area (Å²) in [6.07, 6.45) is 3.22. The SMILES string of the molecule is COC(CC(C)(O)C1(CN)CC2CCC1O2)OC. The third-order valence-corrected chi connectivity index (χ3v) is 4.84. The van der Waals surface area contributed by atoms with Gasteiger partial charge in [-0.1, -0.05) is 0 Å². The van der Waals surface area contributed by atoms with Gasteiger partial charge >= 0.3 is 0 Å². The Kier molecular flexibility index (Phi) is 3.99. The molecule has 0 spiro atoms. The van der Waals surface area contributed by atoms with E-state index in [2.05, 4.69) is 0 Å². The van der Waals surface area contributed by atoms with Gasteiger partial charge in [0, 0.05) is 32.6 Å². The zero-order valence-electron chi connectivity index (χ0n) is 11.5. The zero-order chi connectivity index (χ0) is 13.4. The van der Waals surface area contributed by atoms with Gasteiger partial charge in [0.2, 0.25) is 0 Å². The average Bonchev–Trinajstić information content (AvgIpc) is 2.96. The van der Waals surface area contributed by atoms with Crippen LogP contribution in [0.2, 0.25) is 0 Å². The van der Waals surface area contributed by atoms with Gasteiger partial charge < -0.3 is 25.1 Å². The van der Waals surface area contributed by atoms with Crippen LogP contribution in [0.5, 0.6) is 0 Å². The van der Waals surface area contributed by atoms with Crippen LogP contribution in [0.1, 0.15) is 32.6 Å². The van der Waals surface area contributed by atoms with Crippen LogP contribution in [0.25, 0.3) is 0 Å². The predicted octanol–water partition coefficient (Wildman–Crippen LogP) is 0.643. The van der Waals surface area contributed by atoms with Gasteiger partial charge in [-0.2, -0.15) is 0 Å². The molecule has 0 amide bonds. The molecule has 4 unspecified atom stereocenters. The molecule has 3 N–H and O–H groups in total. The maximum atomic E-state index is 10.9. The fourth-order valence-corrected chi connectivity index (χ4v) is 3.59. The van der Waals surface area contributed by atoms with Gasteiger partial charge in [0.1, 0.15) is 0 Å². The molecule has 2 rings (SSSR count). The van der Waals surface area contributed by atoms with Crippen molar-refractivity contribution in [1.82, 2.24) is 0 Å². The Labute approximate surface area is 109 Å². The van der Waals surface area contributed by atoms with Gasteiger partial charge in [-0.3, -0.25) is 0 Å².